The van der Waals surface area contributed by atoms with Crippen molar-refractivity contribution < 1.29 is 24.7 Å². The molecule has 0 saturated heterocycles. The zero-order chi connectivity index (χ0) is 23.1. The summed E-state index contributed by atoms with van der Waals surface area (Å²) in [6.07, 6.45) is 3.69. The van der Waals surface area contributed by atoms with Crippen LogP contribution in [0.5, 0.6) is 0 Å². The standard InChI is InChI=1S/C22H23N5O5/c1-14(28)20(22(31)26-32)25-21(30)17-4-2-15(3-5-17)16-6-8-18(9-7-16)24-19(29)12-27-11-10-23-13-27/h2-11,13-14,20,28,32H,12H2,1H3,(H,24,29)(H,25,30)(H,26,31)/t14-,20+/m1/s1. The second-order valence-electron chi connectivity index (χ2n) is 7.11. The predicted octanol–water partition coefficient (Wildman–Crippen LogP) is 1.17. The van der Waals surface area contributed by atoms with E-state index in [4.69, 9.17) is 5.21 Å². The second-order valence-corrected chi connectivity index (χ2v) is 7.11. The van der Waals surface area contributed by atoms with Gasteiger partial charge in [-0.3, -0.25) is 19.6 Å². The molecule has 1 heterocycles. The van der Waals surface area contributed by atoms with Crippen molar-refractivity contribution in [1.82, 2.24) is 20.3 Å². The lowest BCUT2D eigenvalue weighted by Crippen LogP contribution is -2.51. The molecule has 10 heteroatoms. The van der Waals surface area contributed by atoms with E-state index in [1.54, 1.807) is 59.7 Å². The van der Waals surface area contributed by atoms with Crippen LogP contribution in [-0.4, -0.2) is 49.7 Å². The number of aliphatic hydroxyl groups is 1. The number of amides is 3. The Kier molecular flexibility index (Phi) is 7.32. The van der Waals surface area contributed by atoms with Crippen molar-refractivity contribution in [2.75, 3.05) is 5.32 Å². The first-order valence-corrected chi connectivity index (χ1v) is 9.76. The molecule has 2 atom stereocenters. The van der Waals surface area contributed by atoms with Gasteiger partial charge in [-0.15, -0.1) is 0 Å². The van der Waals surface area contributed by atoms with E-state index in [9.17, 15) is 19.5 Å². The predicted molar refractivity (Wildman–Crippen MR) is 116 cm³/mol. The van der Waals surface area contributed by atoms with E-state index < -0.39 is 24.0 Å². The zero-order valence-electron chi connectivity index (χ0n) is 17.2. The Morgan fingerprint density at radius 3 is 2.19 bits per heavy atom. The Labute approximate surface area is 183 Å². The van der Waals surface area contributed by atoms with Crippen molar-refractivity contribution in [3.63, 3.8) is 0 Å². The number of nitrogens with one attached hydrogen (secondary N) is 3. The van der Waals surface area contributed by atoms with Gasteiger partial charge in [-0.1, -0.05) is 24.3 Å². The molecule has 0 aliphatic heterocycles. The first kappa shape index (κ1) is 22.7. The molecule has 0 aliphatic rings. The van der Waals surface area contributed by atoms with Crippen molar-refractivity contribution in [3.05, 3.63) is 72.8 Å². The fraction of sp³-hybridized carbons (Fsp3) is 0.182. The molecule has 0 aliphatic carbocycles. The molecule has 0 saturated carbocycles. The molecule has 1 aromatic heterocycles. The molecule has 32 heavy (non-hydrogen) atoms. The van der Waals surface area contributed by atoms with Crippen molar-refractivity contribution in [1.29, 1.82) is 0 Å². The molecule has 0 radical (unpaired) electrons. The highest BCUT2D eigenvalue weighted by atomic mass is 16.5. The number of carbonyl (C=O) groups excluding carboxylic acids is 3. The number of aromatic nitrogens is 2. The van der Waals surface area contributed by atoms with Gasteiger partial charge in [0, 0.05) is 23.6 Å². The van der Waals surface area contributed by atoms with Gasteiger partial charge < -0.3 is 20.3 Å². The molecular weight excluding hydrogens is 414 g/mol. The van der Waals surface area contributed by atoms with Crippen LogP contribution in [-0.2, 0) is 16.1 Å². The summed E-state index contributed by atoms with van der Waals surface area (Å²) in [5.41, 5.74) is 4.08. The van der Waals surface area contributed by atoms with Crippen LogP contribution in [0.15, 0.2) is 67.3 Å². The van der Waals surface area contributed by atoms with Gasteiger partial charge in [0.2, 0.25) is 5.91 Å². The topological polar surface area (TPSA) is 146 Å². The lowest BCUT2D eigenvalue weighted by atomic mass is 10.0. The zero-order valence-corrected chi connectivity index (χ0v) is 17.2. The summed E-state index contributed by atoms with van der Waals surface area (Å²) in [6, 6.07) is 12.6. The molecule has 0 spiro atoms. The summed E-state index contributed by atoms with van der Waals surface area (Å²) in [6.45, 7) is 1.49. The van der Waals surface area contributed by atoms with Gasteiger partial charge in [-0.25, -0.2) is 10.5 Å². The summed E-state index contributed by atoms with van der Waals surface area (Å²) in [4.78, 5) is 39.9. The van der Waals surface area contributed by atoms with E-state index in [1.165, 1.54) is 12.4 Å². The van der Waals surface area contributed by atoms with Gasteiger partial charge in [-0.2, -0.15) is 0 Å². The first-order chi connectivity index (χ1) is 15.4. The minimum Gasteiger partial charge on any atom is -0.391 e. The number of aliphatic hydroxyl groups excluding tert-OH is 1. The fourth-order valence-corrected chi connectivity index (χ4v) is 3.01. The minimum atomic E-state index is -1.29. The van der Waals surface area contributed by atoms with Crippen LogP contribution in [0.3, 0.4) is 0 Å². The SMILES string of the molecule is C[C@@H](O)[C@H](NC(=O)c1ccc(-c2ccc(NC(=O)Cn3ccnc3)cc2)cc1)C(=O)NO. The average molecular weight is 437 g/mol. The largest absolute Gasteiger partial charge is 0.391 e. The maximum atomic E-state index is 12.4. The summed E-state index contributed by atoms with van der Waals surface area (Å²) < 4.78 is 1.67. The number of hydrogen-bond acceptors (Lipinski definition) is 6. The van der Waals surface area contributed by atoms with E-state index in [0.29, 0.717) is 5.69 Å². The van der Waals surface area contributed by atoms with Crippen molar-refractivity contribution in [2.24, 2.45) is 0 Å². The fourth-order valence-electron chi connectivity index (χ4n) is 3.01. The Morgan fingerprint density at radius 1 is 1.03 bits per heavy atom. The van der Waals surface area contributed by atoms with Gasteiger partial charge in [0.05, 0.1) is 12.4 Å². The molecule has 0 fully saturated rings. The van der Waals surface area contributed by atoms with Crippen LogP contribution >= 0.6 is 0 Å². The lowest BCUT2D eigenvalue weighted by molar-refractivity contribution is -0.133. The lowest BCUT2D eigenvalue weighted by Gasteiger charge is -2.19. The molecule has 166 valence electrons. The third kappa shape index (κ3) is 5.78. The number of rotatable bonds is 8. The van der Waals surface area contributed by atoms with Crippen molar-refractivity contribution >= 4 is 23.4 Å². The Balaban J connectivity index is 1.62. The number of hydroxylamine groups is 1. The summed E-state index contributed by atoms with van der Waals surface area (Å²) in [5, 5.41) is 23.6. The Hall–Kier alpha value is -4.02. The highest BCUT2D eigenvalue weighted by Gasteiger charge is 2.25. The monoisotopic (exact) mass is 437 g/mol. The minimum absolute atomic E-state index is 0.168. The molecule has 10 nitrogen and oxygen atoms in total. The van der Waals surface area contributed by atoms with Gasteiger partial charge in [-0.05, 0) is 42.3 Å². The van der Waals surface area contributed by atoms with Gasteiger partial charge >= 0.3 is 0 Å². The van der Waals surface area contributed by atoms with E-state index >= 15 is 0 Å². The number of nitrogens with zero attached hydrogens (tertiary/aromatic N) is 2. The normalized spacial score (nSPS) is 12.5. The molecular formula is C22H23N5O5. The number of benzene rings is 2. The van der Waals surface area contributed by atoms with Crippen LogP contribution < -0.4 is 16.1 Å². The van der Waals surface area contributed by atoms with Gasteiger partial charge in [0.15, 0.2) is 0 Å². The smallest absolute Gasteiger partial charge is 0.268 e. The maximum Gasteiger partial charge on any atom is 0.268 e. The van der Waals surface area contributed by atoms with E-state index in [2.05, 4.69) is 15.6 Å². The van der Waals surface area contributed by atoms with Crippen LogP contribution in [0.25, 0.3) is 11.1 Å². The number of anilines is 1. The van der Waals surface area contributed by atoms with Crippen LogP contribution in [0.4, 0.5) is 5.69 Å². The van der Waals surface area contributed by atoms with Crippen LogP contribution in [0.2, 0.25) is 0 Å². The summed E-state index contributed by atoms with van der Waals surface area (Å²) >= 11 is 0. The third-order valence-electron chi connectivity index (χ3n) is 4.70. The third-order valence-corrected chi connectivity index (χ3v) is 4.70. The van der Waals surface area contributed by atoms with Gasteiger partial charge in [0.1, 0.15) is 12.6 Å². The molecule has 5 N–H and O–H groups in total. The highest BCUT2D eigenvalue weighted by Crippen LogP contribution is 2.22. The number of carbonyl (C=O) groups is 3. The average Bonchev–Trinajstić information content (AvgIpc) is 3.30. The Morgan fingerprint density at radius 2 is 1.66 bits per heavy atom. The molecule has 3 aromatic rings. The highest BCUT2D eigenvalue weighted by molar-refractivity contribution is 5.98. The molecule has 0 bridgehead atoms. The quantitative estimate of drug-likeness (QED) is 0.264. The molecule has 3 amide bonds. The summed E-state index contributed by atoms with van der Waals surface area (Å²) in [5.74, 6) is -1.65. The first-order valence-electron chi connectivity index (χ1n) is 9.76. The van der Waals surface area contributed by atoms with E-state index in [1.807, 2.05) is 12.1 Å². The van der Waals surface area contributed by atoms with Crippen molar-refractivity contribution in [3.8, 4) is 11.1 Å². The molecule has 2 aromatic carbocycles. The van der Waals surface area contributed by atoms with Crippen molar-refractivity contribution in [2.45, 2.75) is 25.6 Å². The molecule has 3 rings (SSSR count). The maximum absolute atomic E-state index is 12.4. The number of hydrogen-bond donors (Lipinski definition) is 5. The molecule has 0 unspecified atom stereocenters. The number of imidazole rings is 1. The van der Waals surface area contributed by atoms with Crippen LogP contribution in [0, 0.1) is 0 Å². The van der Waals surface area contributed by atoms with E-state index in [0.717, 1.165) is 11.1 Å². The van der Waals surface area contributed by atoms with E-state index in [-0.39, 0.29) is 18.0 Å². The Bertz CT molecular complexity index is 1060. The van der Waals surface area contributed by atoms with Crippen LogP contribution in [0.1, 0.15) is 17.3 Å². The second kappa shape index (κ2) is 10.3. The van der Waals surface area contributed by atoms with Gasteiger partial charge in [0.25, 0.3) is 11.8 Å². The summed E-state index contributed by atoms with van der Waals surface area (Å²) in [7, 11) is 0.